The van der Waals surface area contributed by atoms with Gasteiger partial charge < -0.3 is 5.32 Å². The summed E-state index contributed by atoms with van der Waals surface area (Å²) < 4.78 is 1.18. The van der Waals surface area contributed by atoms with Gasteiger partial charge in [0.15, 0.2) is 0 Å². The van der Waals surface area contributed by atoms with Crippen LogP contribution in [0.15, 0.2) is 28.7 Å². The van der Waals surface area contributed by atoms with Crippen molar-refractivity contribution in [3.05, 3.63) is 34.3 Å². The molecule has 0 amide bonds. The molecule has 3 aliphatic rings. The van der Waals surface area contributed by atoms with Gasteiger partial charge in [0.05, 0.1) is 0 Å². The molecule has 1 N–H and O–H groups in total. The number of benzene rings is 1. The van der Waals surface area contributed by atoms with Gasteiger partial charge in [0.2, 0.25) is 0 Å². The van der Waals surface area contributed by atoms with E-state index in [9.17, 15) is 0 Å². The third-order valence-corrected chi connectivity index (χ3v) is 6.62. The molecule has 0 spiro atoms. The zero-order chi connectivity index (χ0) is 13.7. The van der Waals surface area contributed by atoms with Gasteiger partial charge in [0.25, 0.3) is 0 Å². The van der Waals surface area contributed by atoms with Crippen molar-refractivity contribution in [2.24, 2.45) is 29.6 Å². The minimum Gasteiger partial charge on any atom is -0.314 e. The maximum atomic E-state index is 3.79. The summed E-state index contributed by atoms with van der Waals surface area (Å²) >= 11 is 3.53. The molecule has 1 aromatic carbocycles. The van der Waals surface area contributed by atoms with Crippen molar-refractivity contribution in [2.45, 2.75) is 38.6 Å². The SMILES string of the molecule is CCNC(Cc1ccc(Br)cc1)C1C2C3CCC(C3)C21. The Labute approximate surface area is 130 Å². The molecule has 0 aliphatic heterocycles. The summed E-state index contributed by atoms with van der Waals surface area (Å²) in [4.78, 5) is 0. The predicted octanol–water partition coefficient (Wildman–Crippen LogP) is 4.26. The van der Waals surface area contributed by atoms with Gasteiger partial charge in [-0.3, -0.25) is 0 Å². The molecular formula is C18H24BrN. The number of fused-ring (bicyclic) bond motifs is 5. The largest absolute Gasteiger partial charge is 0.314 e. The Kier molecular flexibility index (Phi) is 3.42. The highest BCUT2D eigenvalue weighted by atomic mass is 79.9. The summed E-state index contributed by atoms with van der Waals surface area (Å²) in [6.45, 7) is 3.35. The first-order valence-corrected chi connectivity index (χ1v) is 9.05. The van der Waals surface area contributed by atoms with Crippen LogP contribution < -0.4 is 5.32 Å². The molecule has 20 heavy (non-hydrogen) atoms. The van der Waals surface area contributed by atoms with E-state index in [2.05, 4.69) is 52.4 Å². The molecule has 5 unspecified atom stereocenters. The van der Waals surface area contributed by atoms with Gasteiger partial charge in [-0.1, -0.05) is 35.0 Å². The second kappa shape index (κ2) is 5.14. The summed E-state index contributed by atoms with van der Waals surface area (Å²) in [5.74, 6) is 5.30. The Bertz CT molecular complexity index is 467. The first-order valence-electron chi connectivity index (χ1n) is 8.25. The summed E-state index contributed by atoms with van der Waals surface area (Å²) in [5.41, 5.74) is 1.48. The van der Waals surface area contributed by atoms with Crippen molar-refractivity contribution in [1.29, 1.82) is 0 Å². The van der Waals surface area contributed by atoms with E-state index in [1.54, 1.807) is 6.42 Å². The van der Waals surface area contributed by atoms with E-state index in [1.807, 2.05) is 0 Å². The van der Waals surface area contributed by atoms with Gasteiger partial charge in [-0.05, 0) is 79.5 Å². The minimum absolute atomic E-state index is 0.708. The molecule has 0 heterocycles. The van der Waals surface area contributed by atoms with E-state index in [1.165, 1.54) is 29.3 Å². The zero-order valence-electron chi connectivity index (χ0n) is 12.2. The highest BCUT2D eigenvalue weighted by Crippen LogP contribution is 2.70. The van der Waals surface area contributed by atoms with Crippen LogP contribution in [0, 0.1) is 29.6 Å². The van der Waals surface area contributed by atoms with E-state index in [0.717, 1.165) is 36.1 Å². The number of halogens is 1. The Morgan fingerprint density at radius 3 is 2.40 bits per heavy atom. The molecular weight excluding hydrogens is 310 g/mol. The Balaban J connectivity index is 1.47. The van der Waals surface area contributed by atoms with Gasteiger partial charge in [0, 0.05) is 10.5 Å². The molecule has 5 atom stereocenters. The van der Waals surface area contributed by atoms with Crippen molar-refractivity contribution >= 4 is 15.9 Å². The summed E-state index contributed by atoms with van der Waals surface area (Å²) in [7, 11) is 0. The van der Waals surface area contributed by atoms with E-state index in [-0.39, 0.29) is 0 Å². The van der Waals surface area contributed by atoms with Gasteiger partial charge >= 0.3 is 0 Å². The fourth-order valence-corrected chi connectivity index (χ4v) is 5.68. The molecule has 3 fully saturated rings. The van der Waals surface area contributed by atoms with Crippen molar-refractivity contribution < 1.29 is 0 Å². The maximum absolute atomic E-state index is 3.79. The van der Waals surface area contributed by atoms with Crippen molar-refractivity contribution in [1.82, 2.24) is 5.32 Å². The van der Waals surface area contributed by atoms with E-state index in [4.69, 9.17) is 0 Å². The van der Waals surface area contributed by atoms with Crippen LogP contribution in [0.2, 0.25) is 0 Å². The van der Waals surface area contributed by atoms with Crippen LogP contribution >= 0.6 is 15.9 Å². The average molecular weight is 334 g/mol. The van der Waals surface area contributed by atoms with Crippen LogP contribution in [0.25, 0.3) is 0 Å². The van der Waals surface area contributed by atoms with E-state index >= 15 is 0 Å². The highest BCUT2D eigenvalue weighted by Gasteiger charge is 2.66. The van der Waals surface area contributed by atoms with Crippen LogP contribution in [-0.4, -0.2) is 12.6 Å². The molecule has 0 saturated heterocycles. The topological polar surface area (TPSA) is 12.0 Å². The normalized spacial score (nSPS) is 38.8. The maximum Gasteiger partial charge on any atom is 0.0175 e. The van der Waals surface area contributed by atoms with E-state index < -0.39 is 0 Å². The number of rotatable bonds is 5. The molecule has 3 saturated carbocycles. The third kappa shape index (κ3) is 2.16. The lowest BCUT2D eigenvalue weighted by Gasteiger charge is -2.21. The number of nitrogens with one attached hydrogen (secondary N) is 1. The van der Waals surface area contributed by atoms with Gasteiger partial charge in [-0.2, -0.15) is 0 Å². The number of hydrogen-bond donors (Lipinski definition) is 1. The summed E-state index contributed by atoms with van der Waals surface area (Å²) in [5, 5.41) is 3.79. The van der Waals surface area contributed by atoms with Crippen LogP contribution in [0.3, 0.4) is 0 Å². The van der Waals surface area contributed by atoms with Crippen molar-refractivity contribution in [3.63, 3.8) is 0 Å². The lowest BCUT2D eigenvalue weighted by molar-refractivity contribution is 0.366. The molecule has 0 aromatic heterocycles. The second-order valence-electron chi connectivity index (χ2n) is 7.06. The molecule has 0 radical (unpaired) electrons. The van der Waals surface area contributed by atoms with Crippen LogP contribution in [0.5, 0.6) is 0 Å². The lowest BCUT2D eigenvalue weighted by atomic mass is 9.93. The van der Waals surface area contributed by atoms with Gasteiger partial charge in [-0.25, -0.2) is 0 Å². The first-order chi connectivity index (χ1) is 9.78. The predicted molar refractivity (Wildman–Crippen MR) is 86.6 cm³/mol. The molecule has 1 nitrogen and oxygen atoms in total. The second-order valence-corrected chi connectivity index (χ2v) is 7.98. The monoisotopic (exact) mass is 333 g/mol. The number of hydrogen-bond acceptors (Lipinski definition) is 1. The van der Waals surface area contributed by atoms with Crippen LogP contribution in [-0.2, 0) is 6.42 Å². The Morgan fingerprint density at radius 1 is 1.15 bits per heavy atom. The van der Waals surface area contributed by atoms with Crippen molar-refractivity contribution in [2.75, 3.05) is 6.54 Å². The fraction of sp³-hybridized carbons (Fsp3) is 0.667. The summed E-state index contributed by atoms with van der Waals surface area (Å²) in [6, 6.07) is 9.62. The Hall–Kier alpha value is -0.340. The molecule has 2 bridgehead atoms. The standard InChI is InChI=1S/C18H24BrN/c1-2-20-15(9-11-3-7-14(19)8-4-11)18-16-12-5-6-13(10-12)17(16)18/h3-4,7-8,12-13,15-18,20H,2,5-6,9-10H2,1H3. The van der Waals surface area contributed by atoms with Crippen LogP contribution in [0.4, 0.5) is 0 Å². The highest BCUT2D eigenvalue weighted by molar-refractivity contribution is 9.10. The minimum atomic E-state index is 0.708. The quantitative estimate of drug-likeness (QED) is 0.848. The van der Waals surface area contributed by atoms with Gasteiger partial charge in [0.1, 0.15) is 0 Å². The molecule has 108 valence electrons. The smallest absolute Gasteiger partial charge is 0.0175 e. The van der Waals surface area contributed by atoms with Gasteiger partial charge in [-0.15, -0.1) is 0 Å². The number of likely N-dealkylation sites (N-methyl/N-ethyl adjacent to an activating group) is 1. The lowest BCUT2D eigenvalue weighted by Crippen LogP contribution is -2.35. The van der Waals surface area contributed by atoms with Crippen molar-refractivity contribution in [3.8, 4) is 0 Å². The van der Waals surface area contributed by atoms with Crippen LogP contribution in [0.1, 0.15) is 31.7 Å². The van der Waals surface area contributed by atoms with E-state index in [0.29, 0.717) is 6.04 Å². The first kappa shape index (κ1) is 13.3. The summed E-state index contributed by atoms with van der Waals surface area (Å²) in [6.07, 6.45) is 5.82. The fourth-order valence-electron chi connectivity index (χ4n) is 5.41. The zero-order valence-corrected chi connectivity index (χ0v) is 13.8. The molecule has 3 aliphatic carbocycles. The molecule has 2 heteroatoms. The third-order valence-electron chi connectivity index (χ3n) is 6.09. The molecule has 1 aromatic rings. The molecule has 4 rings (SSSR count). The Morgan fingerprint density at radius 2 is 1.80 bits per heavy atom. The average Bonchev–Trinajstić information content (AvgIpc) is 2.88.